The summed E-state index contributed by atoms with van der Waals surface area (Å²) < 4.78 is 0. The van der Waals surface area contributed by atoms with Crippen molar-refractivity contribution in [1.82, 2.24) is 9.80 Å². The molecule has 0 bridgehead atoms. The van der Waals surface area contributed by atoms with Crippen LogP contribution in [0.3, 0.4) is 0 Å². The van der Waals surface area contributed by atoms with Crippen LogP contribution in [0.15, 0.2) is 53.4 Å². The second kappa shape index (κ2) is 9.77. The number of amides is 3. The summed E-state index contributed by atoms with van der Waals surface area (Å²) in [5, 5.41) is 0. The van der Waals surface area contributed by atoms with Crippen molar-refractivity contribution in [2.24, 2.45) is 5.92 Å². The zero-order chi connectivity index (χ0) is 22.7. The van der Waals surface area contributed by atoms with E-state index in [-0.39, 0.29) is 24.3 Å². The summed E-state index contributed by atoms with van der Waals surface area (Å²) in [5.41, 5.74) is 2.52. The van der Waals surface area contributed by atoms with Crippen LogP contribution in [-0.4, -0.2) is 67.0 Å². The molecule has 0 aliphatic carbocycles. The standard InChI is InChI=1S/C25H29N3O3S/c1-26(2)25(31)20-8-9-22-21(15-20)28(24(30)17-32-22)16-23(29)27-12-10-19(11-13-27)14-18-6-4-3-5-7-18/h3-9,15,19H,10-14,16-17H2,1-2H3. The van der Waals surface area contributed by atoms with Gasteiger partial charge in [0.25, 0.3) is 5.91 Å². The first-order valence-corrected chi connectivity index (χ1v) is 12.0. The lowest BCUT2D eigenvalue weighted by Gasteiger charge is -2.35. The molecule has 0 atom stereocenters. The summed E-state index contributed by atoms with van der Waals surface area (Å²) in [6.07, 6.45) is 2.99. The smallest absolute Gasteiger partial charge is 0.253 e. The molecule has 1 fully saturated rings. The third-order valence-corrected chi connectivity index (χ3v) is 7.23. The van der Waals surface area contributed by atoms with E-state index in [9.17, 15) is 14.4 Å². The summed E-state index contributed by atoms with van der Waals surface area (Å²) in [6, 6.07) is 15.9. The molecule has 0 radical (unpaired) electrons. The van der Waals surface area contributed by atoms with E-state index in [0.717, 1.165) is 37.2 Å². The van der Waals surface area contributed by atoms with Crippen LogP contribution in [0.4, 0.5) is 5.69 Å². The summed E-state index contributed by atoms with van der Waals surface area (Å²) in [6.45, 7) is 1.47. The highest BCUT2D eigenvalue weighted by Gasteiger charge is 2.30. The normalized spacial score (nSPS) is 16.6. The number of rotatable bonds is 5. The molecular weight excluding hydrogens is 422 g/mol. The third-order valence-electron chi connectivity index (χ3n) is 6.18. The van der Waals surface area contributed by atoms with Gasteiger partial charge in [-0.25, -0.2) is 0 Å². The highest BCUT2D eigenvalue weighted by atomic mass is 32.2. The van der Waals surface area contributed by atoms with Crippen molar-refractivity contribution in [3.8, 4) is 0 Å². The Hall–Kier alpha value is -2.80. The van der Waals surface area contributed by atoms with Crippen LogP contribution in [0.1, 0.15) is 28.8 Å². The molecule has 2 aliphatic heterocycles. The van der Waals surface area contributed by atoms with Crippen LogP contribution in [0.25, 0.3) is 0 Å². The molecule has 0 unspecified atom stereocenters. The molecule has 32 heavy (non-hydrogen) atoms. The van der Waals surface area contributed by atoms with Crippen LogP contribution < -0.4 is 4.90 Å². The number of benzene rings is 2. The van der Waals surface area contributed by atoms with Gasteiger partial charge in [-0.2, -0.15) is 0 Å². The lowest BCUT2D eigenvalue weighted by molar-refractivity contribution is -0.132. The van der Waals surface area contributed by atoms with Crippen LogP contribution in [0, 0.1) is 5.92 Å². The van der Waals surface area contributed by atoms with Gasteiger partial charge in [-0.3, -0.25) is 14.4 Å². The molecular formula is C25H29N3O3S. The Balaban J connectivity index is 1.41. The van der Waals surface area contributed by atoms with Crippen molar-refractivity contribution in [3.63, 3.8) is 0 Å². The van der Waals surface area contributed by atoms with E-state index in [2.05, 4.69) is 24.3 Å². The average molecular weight is 452 g/mol. The van der Waals surface area contributed by atoms with Crippen LogP contribution in [0.2, 0.25) is 0 Å². The van der Waals surface area contributed by atoms with Gasteiger partial charge in [0.2, 0.25) is 11.8 Å². The predicted octanol–water partition coefficient (Wildman–Crippen LogP) is 3.31. The number of thioether (sulfide) groups is 1. The van der Waals surface area contributed by atoms with Crippen molar-refractivity contribution in [2.75, 3.05) is 44.4 Å². The minimum atomic E-state index is -0.123. The SMILES string of the molecule is CN(C)C(=O)c1ccc2c(c1)N(CC(=O)N1CCC(Cc3ccccc3)CC1)C(=O)CS2. The van der Waals surface area contributed by atoms with Crippen molar-refractivity contribution in [3.05, 3.63) is 59.7 Å². The van der Waals surface area contributed by atoms with Crippen LogP contribution in [-0.2, 0) is 16.0 Å². The largest absolute Gasteiger partial charge is 0.345 e. The molecule has 2 aliphatic rings. The molecule has 0 aromatic heterocycles. The predicted molar refractivity (Wildman–Crippen MR) is 127 cm³/mol. The summed E-state index contributed by atoms with van der Waals surface area (Å²) in [4.78, 5) is 44.0. The van der Waals surface area contributed by atoms with Gasteiger partial charge in [-0.05, 0) is 48.9 Å². The minimum absolute atomic E-state index is 0.0232. The number of piperidine rings is 1. The van der Waals surface area contributed by atoms with E-state index in [1.54, 1.807) is 31.1 Å². The summed E-state index contributed by atoms with van der Waals surface area (Å²) in [5.74, 6) is 0.640. The quantitative estimate of drug-likeness (QED) is 0.700. The number of anilines is 1. The molecule has 6 nitrogen and oxygen atoms in total. The Bertz CT molecular complexity index is 1000. The molecule has 4 rings (SSSR count). The van der Waals surface area contributed by atoms with Gasteiger partial charge in [-0.15, -0.1) is 11.8 Å². The van der Waals surface area contributed by atoms with Crippen LogP contribution >= 0.6 is 11.8 Å². The van der Waals surface area contributed by atoms with Crippen molar-refractivity contribution in [1.29, 1.82) is 0 Å². The highest BCUT2D eigenvalue weighted by molar-refractivity contribution is 8.00. The average Bonchev–Trinajstić information content (AvgIpc) is 2.81. The number of fused-ring (bicyclic) bond motifs is 1. The summed E-state index contributed by atoms with van der Waals surface area (Å²) in [7, 11) is 3.40. The Morgan fingerprint density at radius 1 is 1.06 bits per heavy atom. The number of hydrogen-bond acceptors (Lipinski definition) is 4. The van der Waals surface area contributed by atoms with Gasteiger partial charge in [0.1, 0.15) is 6.54 Å². The molecule has 0 N–H and O–H groups in total. The van der Waals surface area contributed by atoms with Crippen molar-refractivity contribution >= 4 is 35.2 Å². The Morgan fingerprint density at radius 3 is 2.47 bits per heavy atom. The van der Waals surface area contributed by atoms with E-state index in [4.69, 9.17) is 0 Å². The lowest BCUT2D eigenvalue weighted by atomic mass is 9.90. The molecule has 0 spiro atoms. The van der Waals surface area contributed by atoms with E-state index in [1.807, 2.05) is 17.0 Å². The maximum Gasteiger partial charge on any atom is 0.253 e. The van der Waals surface area contributed by atoms with E-state index >= 15 is 0 Å². The molecule has 7 heteroatoms. The van der Waals surface area contributed by atoms with Gasteiger partial charge < -0.3 is 14.7 Å². The number of carbonyl (C=O) groups excluding carboxylic acids is 3. The number of carbonyl (C=O) groups is 3. The number of likely N-dealkylation sites (tertiary alicyclic amines) is 1. The summed E-state index contributed by atoms with van der Waals surface area (Å²) >= 11 is 1.45. The maximum absolute atomic E-state index is 13.1. The minimum Gasteiger partial charge on any atom is -0.345 e. The van der Waals surface area contributed by atoms with Crippen LogP contribution in [0.5, 0.6) is 0 Å². The van der Waals surface area contributed by atoms with Gasteiger partial charge in [0.15, 0.2) is 0 Å². The molecule has 1 saturated heterocycles. The van der Waals surface area contributed by atoms with Crippen molar-refractivity contribution in [2.45, 2.75) is 24.2 Å². The second-order valence-electron chi connectivity index (χ2n) is 8.66. The van der Waals surface area contributed by atoms with E-state index < -0.39 is 0 Å². The van der Waals surface area contributed by atoms with Gasteiger partial charge in [0, 0.05) is 37.6 Å². The molecule has 2 aromatic rings. The molecule has 2 heterocycles. The van der Waals surface area contributed by atoms with E-state index in [0.29, 0.717) is 22.9 Å². The zero-order valence-electron chi connectivity index (χ0n) is 18.6. The second-order valence-corrected chi connectivity index (χ2v) is 9.68. The molecule has 0 saturated carbocycles. The Labute approximate surface area is 193 Å². The van der Waals surface area contributed by atoms with Gasteiger partial charge in [-0.1, -0.05) is 30.3 Å². The Morgan fingerprint density at radius 2 is 1.78 bits per heavy atom. The molecule has 168 valence electrons. The third kappa shape index (κ3) is 4.99. The number of hydrogen-bond donors (Lipinski definition) is 0. The number of nitrogens with zero attached hydrogens (tertiary/aromatic N) is 3. The highest BCUT2D eigenvalue weighted by Crippen LogP contribution is 2.36. The van der Waals surface area contributed by atoms with E-state index in [1.165, 1.54) is 22.2 Å². The monoisotopic (exact) mass is 451 g/mol. The first-order valence-electron chi connectivity index (χ1n) is 11.0. The topological polar surface area (TPSA) is 60.9 Å². The van der Waals surface area contributed by atoms with Crippen molar-refractivity contribution < 1.29 is 14.4 Å². The Kier molecular flexibility index (Phi) is 6.84. The molecule has 3 amide bonds. The first kappa shape index (κ1) is 22.4. The fourth-order valence-corrected chi connectivity index (χ4v) is 5.25. The first-order chi connectivity index (χ1) is 15.4. The zero-order valence-corrected chi connectivity index (χ0v) is 19.4. The van der Waals surface area contributed by atoms with Gasteiger partial charge in [0.05, 0.1) is 11.4 Å². The fraction of sp³-hybridized carbons (Fsp3) is 0.400. The fourth-order valence-electron chi connectivity index (χ4n) is 4.34. The lowest BCUT2D eigenvalue weighted by Crippen LogP contribution is -2.47. The molecule has 2 aromatic carbocycles. The van der Waals surface area contributed by atoms with Gasteiger partial charge >= 0.3 is 0 Å². The maximum atomic E-state index is 13.1.